The number of aryl methyl sites for hydroxylation is 1. The van der Waals surface area contributed by atoms with E-state index in [0.717, 1.165) is 35.6 Å². The van der Waals surface area contributed by atoms with Crippen molar-refractivity contribution in [1.82, 2.24) is 5.32 Å². The van der Waals surface area contributed by atoms with Crippen molar-refractivity contribution in [2.24, 2.45) is 0 Å². The SMILES string of the molecule is CNC(=O)c1ccc(NC2CCS(=O)CC2)c(C)c1. The molecule has 2 N–H and O–H groups in total. The van der Waals surface area contributed by atoms with E-state index in [0.29, 0.717) is 11.6 Å². The Morgan fingerprint density at radius 1 is 1.32 bits per heavy atom. The highest BCUT2D eigenvalue weighted by atomic mass is 32.2. The van der Waals surface area contributed by atoms with E-state index in [1.165, 1.54) is 0 Å². The van der Waals surface area contributed by atoms with Crippen molar-refractivity contribution in [3.05, 3.63) is 29.3 Å². The summed E-state index contributed by atoms with van der Waals surface area (Å²) >= 11 is 0. The summed E-state index contributed by atoms with van der Waals surface area (Å²) in [5, 5.41) is 6.11. The molecule has 0 aliphatic carbocycles. The van der Waals surface area contributed by atoms with E-state index in [-0.39, 0.29) is 5.91 Å². The van der Waals surface area contributed by atoms with E-state index >= 15 is 0 Å². The van der Waals surface area contributed by atoms with Crippen LogP contribution in [-0.4, -0.2) is 34.7 Å². The maximum absolute atomic E-state index is 11.5. The fraction of sp³-hybridized carbons (Fsp3) is 0.500. The van der Waals surface area contributed by atoms with E-state index in [1.807, 2.05) is 25.1 Å². The lowest BCUT2D eigenvalue weighted by Crippen LogP contribution is -2.29. The Bertz CT molecular complexity index is 492. The molecule has 1 saturated heterocycles. The third-order valence-corrected chi connectivity index (χ3v) is 4.85. The summed E-state index contributed by atoms with van der Waals surface area (Å²) in [4.78, 5) is 11.5. The van der Waals surface area contributed by atoms with Gasteiger partial charge in [0, 0.05) is 46.6 Å². The number of amides is 1. The van der Waals surface area contributed by atoms with Crippen LogP contribution < -0.4 is 10.6 Å². The van der Waals surface area contributed by atoms with Gasteiger partial charge in [-0.25, -0.2) is 0 Å². The van der Waals surface area contributed by atoms with Crippen LogP contribution in [0.2, 0.25) is 0 Å². The second kappa shape index (κ2) is 6.19. The second-order valence-electron chi connectivity index (χ2n) is 4.88. The Morgan fingerprint density at radius 3 is 2.58 bits per heavy atom. The molecule has 0 aromatic heterocycles. The Morgan fingerprint density at radius 2 is 2.00 bits per heavy atom. The average molecular weight is 280 g/mol. The van der Waals surface area contributed by atoms with Gasteiger partial charge in [0.25, 0.3) is 5.91 Å². The van der Waals surface area contributed by atoms with Gasteiger partial charge in [-0.05, 0) is 43.5 Å². The van der Waals surface area contributed by atoms with Crippen molar-refractivity contribution in [2.45, 2.75) is 25.8 Å². The number of rotatable bonds is 3. The van der Waals surface area contributed by atoms with Gasteiger partial charge < -0.3 is 10.6 Å². The number of carbonyl (C=O) groups excluding carboxylic acids is 1. The maximum Gasteiger partial charge on any atom is 0.251 e. The zero-order chi connectivity index (χ0) is 13.8. The quantitative estimate of drug-likeness (QED) is 0.885. The molecule has 1 aliphatic rings. The monoisotopic (exact) mass is 280 g/mol. The van der Waals surface area contributed by atoms with E-state index in [1.54, 1.807) is 7.05 Å². The molecular formula is C14H20N2O2S. The minimum absolute atomic E-state index is 0.0669. The van der Waals surface area contributed by atoms with Gasteiger partial charge in [0.1, 0.15) is 0 Å². The normalized spacial score (nSPS) is 22.8. The number of carbonyl (C=O) groups is 1. The number of nitrogens with one attached hydrogen (secondary N) is 2. The van der Waals surface area contributed by atoms with E-state index in [4.69, 9.17) is 0 Å². The van der Waals surface area contributed by atoms with Gasteiger partial charge in [-0.3, -0.25) is 9.00 Å². The molecule has 0 saturated carbocycles. The summed E-state index contributed by atoms with van der Waals surface area (Å²) in [6.45, 7) is 2.00. The lowest BCUT2D eigenvalue weighted by molar-refractivity contribution is 0.0963. The van der Waals surface area contributed by atoms with Gasteiger partial charge in [-0.1, -0.05) is 0 Å². The van der Waals surface area contributed by atoms with E-state index in [2.05, 4.69) is 10.6 Å². The van der Waals surface area contributed by atoms with Crippen molar-refractivity contribution in [3.8, 4) is 0 Å². The first-order valence-electron chi connectivity index (χ1n) is 6.54. The number of anilines is 1. The maximum atomic E-state index is 11.5. The molecular weight excluding hydrogens is 260 g/mol. The molecule has 1 fully saturated rings. The lowest BCUT2D eigenvalue weighted by Gasteiger charge is -2.24. The molecule has 0 spiro atoms. The predicted molar refractivity (Wildman–Crippen MR) is 79.1 cm³/mol. The van der Waals surface area contributed by atoms with Gasteiger partial charge >= 0.3 is 0 Å². The molecule has 4 nitrogen and oxygen atoms in total. The molecule has 0 bridgehead atoms. The third kappa shape index (κ3) is 3.56. The topological polar surface area (TPSA) is 58.2 Å². The lowest BCUT2D eigenvalue weighted by atomic mass is 10.1. The highest BCUT2D eigenvalue weighted by molar-refractivity contribution is 7.85. The van der Waals surface area contributed by atoms with Crippen LogP contribution in [0.25, 0.3) is 0 Å². The Balaban J connectivity index is 2.05. The van der Waals surface area contributed by atoms with Crippen LogP contribution in [0.1, 0.15) is 28.8 Å². The van der Waals surface area contributed by atoms with Gasteiger partial charge in [-0.15, -0.1) is 0 Å². The van der Waals surface area contributed by atoms with Crippen LogP contribution in [0.5, 0.6) is 0 Å². The molecule has 5 heteroatoms. The fourth-order valence-electron chi connectivity index (χ4n) is 2.27. The van der Waals surface area contributed by atoms with Gasteiger partial charge in [-0.2, -0.15) is 0 Å². The number of hydrogen-bond donors (Lipinski definition) is 2. The zero-order valence-electron chi connectivity index (χ0n) is 11.4. The molecule has 1 amide bonds. The third-order valence-electron chi connectivity index (χ3n) is 3.46. The molecule has 1 heterocycles. The summed E-state index contributed by atoms with van der Waals surface area (Å²) in [5.41, 5.74) is 2.80. The highest BCUT2D eigenvalue weighted by Crippen LogP contribution is 2.21. The summed E-state index contributed by atoms with van der Waals surface area (Å²) < 4.78 is 11.3. The summed E-state index contributed by atoms with van der Waals surface area (Å²) in [5.74, 6) is 1.50. The van der Waals surface area contributed by atoms with Crippen molar-refractivity contribution < 1.29 is 9.00 Å². The molecule has 0 radical (unpaired) electrons. The van der Waals surface area contributed by atoms with Gasteiger partial charge in [0.2, 0.25) is 0 Å². The average Bonchev–Trinajstić information content (AvgIpc) is 2.42. The zero-order valence-corrected chi connectivity index (χ0v) is 12.2. The second-order valence-corrected chi connectivity index (χ2v) is 6.57. The fourth-order valence-corrected chi connectivity index (χ4v) is 3.57. The highest BCUT2D eigenvalue weighted by Gasteiger charge is 2.18. The van der Waals surface area contributed by atoms with Crippen LogP contribution in [0, 0.1) is 6.92 Å². The van der Waals surface area contributed by atoms with Crippen molar-refractivity contribution in [3.63, 3.8) is 0 Å². The Kier molecular flexibility index (Phi) is 4.58. The molecule has 0 unspecified atom stereocenters. The number of benzene rings is 1. The molecule has 2 rings (SSSR count). The molecule has 1 aliphatic heterocycles. The minimum atomic E-state index is -0.628. The first kappa shape index (κ1) is 14.1. The summed E-state index contributed by atoms with van der Waals surface area (Å²) in [6, 6.07) is 6.06. The van der Waals surface area contributed by atoms with Crippen molar-refractivity contribution in [2.75, 3.05) is 23.9 Å². The smallest absolute Gasteiger partial charge is 0.251 e. The molecule has 19 heavy (non-hydrogen) atoms. The van der Waals surface area contributed by atoms with Crippen LogP contribution in [0.4, 0.5) is 5.69 Å². The van der Waals surface area contributed by atoms with Crippen LogP contribution in [0.3, 0.4) is 0 Å². The van der Waals surface area contributed by atoms with E-state index in [9.17, 15) is 9.00 Å². The Labute approximate surface area is 116 Å². The summed E-state index contributed by atoms with van der Waals surface area (Å²) in [7, 11) is 1.00. The molecule has 0 atom stereocenters. The van der Waals surface area contributed by atoms with Crippen LogP contribution in [0.15, 0.2) is 18.2 Å². The van der Waals surface area contributed by atoms with Gasteiger partial charge in [0.05, 0.1) is 0 Å². The van der Waals surface area contributed by atoms with Crippen LogP contribution in [-0.2, 0) is 10.8 Å². The Hall–Kier alpha value is -1.36. The molecule has 104 valence electrons. The predicted octanol–water partition coefficient (Wildman–Crippen LogP) is 1.68. The first-order valence-corrected chi connectivity index (χ1v) is 8.03. The number of hydrogen-bond acceptors (Lipinski definition) is 3. The van der Waals surface area contributed by atoms with Gasteiger partial charge in [0.15, 0.2) is 0 Å². The largest absolute Gasteiger partial charge is 0.382 e. The van der Waals surface area contributed by atoms with Crippen LogP contribution >= 0.6 is 0 Å². The minimum Gasteiger partial charge on any atom is -0.382 e. The molecule has 1 aromatic carbocycles. The van der Waals surface area contributed by atoms with E-state index < -0.39 is 10.8 Å². The first-order chi connectivity index (χ1) is 9.10. The summed E-state index contributed by atoms with van der Waals surface area (Å²) in [6.07, 6.45) is 1.90. The standard InChI is InChI=1S/C14H20N2O2S/c1-10-9-11(14(17)15-2)3-4-13(10)16-12-5-7-19(18)8-6-12/h3-4,9,12,16H,5-8H2,1-2H3,(H,15,17). The van der Waals surface area contributed by atoms with Crippen molar-refractivity contribution >= 4 is 22.4 Å². The molecule has 1 aromatic rings. The van der Waals surface area contributed by atoms with Crippen molar-refractivity contribution in [1.29, 1.82) is 0 Å².